The van der Waals surface area contributed by atoms with Crippen LogP contribution in [0.15, 0.2) is 12.1 Å². The SMILES string of the molecule is COc1cc(OC)c(C(C)(C)N)cc1OC. The van der Waals surface area contributed by atoms with E-state index < -0.39 is 5.54 Å². The lowest BCUT2D eigenvalue weighted by atomic mass is 9.94. The largest absolute Gasteiger partial charge is 0.496 e. The van der Waals surface area contributed by atoms with Crippen molar-refractivity contribution in [1.29, 1.82) is 0 Å². The van der Waals surface area contributed by atoms with Crippen LogP contribution in [-0.2, 0) is 5.54 Å². The van der Waals surface area contributed by atoms with Gasteiger partial charge in [0, 0.05) is 17.2 Å². The molecule has 0 aromatic heterocycles. The summed E-state index contributed by atoms with van der Waals surface area (Å²) in [5, 5.41) is 0. The zero-order chi connectivity index (χ0) is 12.3. The van der Waals surface area contributed by atoms with Gasteiger partial charge in [-0.3, -0.25) is 0 Å². The monoisotopic (exact) mass is 225 g/mol. The Balaban J connectivity index is 3.38. The second-order valence-electron chi connectivity index (χ2n) is 4.13. The Morgan fingerprint density at radius 2 is 1.31 bits per heavy atom. The first kappa shape index (κ1) is 12.6. The molecule has 16 heavy (non-hydrogen) atoms. The highest BCUT2D eigenvalue weighted by atomic mass is 16.5. The van der Waals surface area contributed by atoms with Crippen LogP contribution in [0.5, 0.6) is 17.2 Å². The maximum Gasteiger partial charge on any atom is 0.164 e. The lowest BCUT2D eigenvalue weighted by Crippen LogP contribution is -2.29. The zero-order valence-electron chi connectivity index (χ0n) is 10.5. The fourth-order valence-electron chi connectivity index (χ4n) is 1.53. The first-order valence-corrected chi connectivity index (χ1v) is 5.03. The molecule has 4 nitrogen and oxygen atoms in total. The Morgan fingerprint density at radius 1 is 0.875 bits per heavy atom. The van der Waals surface area contributed by atoms with Crippen LogP contribution in [0, 0.1) is 0 Å². The van der Waals surface area contributed by atoms with Gasteiger partial charge < -0.3 is 19.9 Å². The molecule has 0 unspecified atom stereocenters. The van der Waals surface area contributed by atoms with Crippen molar-refractivity contribution in [2.45, 2.75) is 19.4 Å². The fraction of sp³-hybridized carbons (Fsp3) is 0.500. The number of benzene rings is 1. The molecular weight excluding hydrogens is 206 g/mol. The van der Waals surface area contributed by atoms with Crippen LogP contribution in [0.25, 0.3) is 0 Å². The first-order valence-electron chi connectivity index (χ1n) is 5.03. The van der Waals surface area contributed by atoms with Gasteiger partial charge in [-0.2, -0.15) is 0 Å². The molecule has 0 fully saturated rings. The molecule has 0 radical (unpaired) electrons. The molecule has 1 rings (SSSR count). The van der Waals surface area contributed by atoms with Crippen LogP contribution in [0.3, 0.4) is 0 Å². The van der Waals surface area contributed by atoms with Gasteiger partial charge in [0.05, 0.1) is 21.3 Å². The van der Waals surface area contributed by atoms with Gasteiger partial charge in [-0.25, -0.2) is 0 Å². The molecule has 0 saturated carbocycles. The quantitative estimate of drug-likeness (QED) is 0.850. The summed E-state index contributed by atoms with van der Waals surface area (Å²) in [6, 6.07) is 3.63. The Morgan fingerprint density at radius 3 is 1.69 bits per heavy atom. The fourth-order valence-corrected chi connectivity index (χ4v) is 1.53. The van der Waals surface area contributed by atoms with Crippen LogP contribution in [-0.4, -0.2) is 21.3 Å². The third-order valence-corrected chi connectivity index (χ3v) is 2.40. The number of ether oxygens (including phenoxy) is 3. The highest BCUT2D eigenvalue weighted by Crippen LogP contribution is 2.38. The van der Waals surface area contributed by atoms with E-state index in [0.29, 0.717) is 17.2 Å². The van der Waals surface area contributed by atoms with E-state index in [-0.39, 0.29) is 0 Å². The van der Waals surface area contributed by atoms with E-state index in [0.717, 1.165) is 5.56 Å². The van der Waals surface area contributed by atoms with Crippen LogP contribution in [0.1, 0.15) is 19.4 Å². The first-order chi connectivity index (χ1) is 7.43. The van der Waals surface area contributed by atoms with Crippen LogP contribution < -0.4 is 19.9 Å². The molecule has 0 aliphatic heterocycles. The van der Waals surface area contributed by atoms with Gasteiger partial charge in [-0.15, -0.1) is 0 Å². The predicted octanol–water partition coefficient (Wildman–Crippen LogP) is 1.91. The lowest BCUT2D eigenvalue weighted by Gasteiger charge is -2.23. The Hall–Kier alpha value is -1.42. The third kappa shape index (κ3) is 2.39. The predicted molar refractivity (Wildman–Crippen MR) is 63.3 cm³/mol. The second kappa shape index (κ2) is 4.61. The highest BCUT2D eigenvalue weighted by Gasteiger charge is 2.22. The van der Waals surface area contributed by atoms with Gasteiger partial charge in [0.25, 0.3) is 0 Å². The van der Waals surface area contributed by atoms with Crippen molar-refractivity contribution in [2.24, 2.45) is 5.73 Å². The van der Waals surface area contributed by atoms with Gasteiger partial charge in [0.1, 0.15) is 5.75 Å². The number of hydrogen-bond acceptors (Lipinski definition) is 4. The van der Waals surface area contributed by atoms with E-state index in [9.17, 15) is 0 Å². The molecule has 1 aromatic rings. The molecule has 2 N–H and O–H groups in total. The molecule has 0 amide bonds. The summed E-state index contributed by atoms with van der Waals surface area (Å²) in [6.07, 6.45) is 0. The molecule has 0 spiro atoms. The van der Waals surface area contributed by atoms with E-state index in [1.165, 1.54) is 0 Å². The van der Waals surface area contributed by atoms with Gasteiger partial charge in [-0.1, -0.05) is 0 Å². The maximum absolute atomic E-state index is 6.07. The second-order valence-corrected chi connectivity index (χ2v) is 4.13. The van der Waals surface area contributed by atoms with E-state index in [1.807, 2.05) is 19.9 Å². The number of methoxy groups -OCH3 is 3. The van der Waals surface area contributed by atoms with Crippen LogP contribution in [0.4, 0.5) is 0 Å². The highest BCUT2D eigenvalue weighted by molar-refractivity contribution is 5.52. The molecule has 0 bridgehead atoms. The van der Waals surface area contributed by atoms with Crippen molar-refractivity contribution >= 4 is 0 Å². The summed E-state index contributed by atoms with van der Waals surface area (Å²) in [5.74, 6) is 1.98. The van der Waals surface area contributed by atoms with Gasteiger partial charge in [0.2, 0.25) is 0 Å². The topological polar surface area (TPSA) is 53.7 Å². The van der Waals surface area contributed by atoms with E-state index >= 15 is 0 Å². The van der Waals surface area contributed by atoms with Crippen LogP contribution >= 0.6 is 0 Å². The molecular formula is C12H19NO3. The molecule has 0 aliphatic rings. The molecule has 4 heteroatoms. The van der Waals surface area contributed by atoms with Crippen molar-refractivity contribution < 1.29 is 14.2 Å². The van der Waals surface area contributed by atoms with Crippen molar-refractivity contribution in [1.82, 2.24) is 0 Å². The maximum atomic E-state index is 6.07. The number of hydrogen-bond donors (Lipinski definition) is 1. The number of nitrogens with two attached hydrogens (primary N) is 1. The van der Waals surface area contributed by atoms with E-state index in [1.54, 1.807) is 27.4 Å². The standard InChI is InChI=1S/C12H19NO3/c1-12(2,13)8-6-10(15-4)11(16-5)7-9(8)14-3/h6-7H,13H2,1-5H3. The molecule has 1 aromatic carbocycles. The molecule has 0 atom stereocenters. The Labute approximate surface area is 96.3 Å². The molecule has 90 valence electrons. The summed E-state index contributed by atoms with van der Waals surface area (Å²) in [7, 11) is 4.79. The molecule has 0 heterocycles. The van der Waals surface area contributed by atoms with Crippen molar-refractivity contribution in [3.8, 4) is 17.2 Å². The van der Waals surface area contributed by atoms with Crippen molar-refractivity contribution in [2.75, 3.05) is 21.3 Å². The number of rotatable bonds is 4. The summed E-state index contributed by atoms with van der Waals surface area (Å²) in [6.45, 7) is 3.83. The minimum absolute atomic E-state index is 0.495. The summed E-state index contributed by atoms with van der Waals surface area (Å²) < 4.78 is 15.7. The Bertz CT molecular complexity index is 369. The smallest absolute Gasteiger partial charge is 0.164 e. The average Bonchev–Trinajstić information content (AvgIpc) is 2.25. The average molecular weight is 225 g/mol. The Kier molecular flexibility index (Phi) is 3.65. The van der Waals surface area contributed by atoms with Gasteiger partial charge in [-0.05, 0) is 19.9 Å². The lowest BCUT2D eigenvalue weighted by molar-refractivity contribution is 0.343. The minimum Gasteiger partial charge on any atom is -0.496 e. The van der Waals surface area contributed by atoms with Crippen molar-refractivity contribution in [3.63, 3.8) is 0 Å². The summed E-state index contributed by atoms with van der Waals surface area (Å²) in [4.78, 5) is 0. The molecule has 0 aliphatic carbocycles. The van der Waals surface area contributed by atoms with Gasteiger partial charge >= 0.3 is 0 Å². The van der Waals surface area contributed by atoms with Gasteiger partial charge in [0.15, 0.2) is 11.5 Å². The van der Waals surface area contributed by atoms with Crippen LogP contribution in [0.2, 0.25) is 0 Å². The van der Waals surface area contributed by atoms with E-state index in [2.05, 4.69) is 0 Å². The normalized spacial score (nSPS) is 11.1. The summed E-state index contributed by atoms with van der Waals surface area (Å²) in [5.41, 5.74) is 6.46. The minimum atomic E-state index is -0.495. The van der Waals surface area contributed by atoms with E-state index in [4.69, 9.17) is 19.9 Å². The summed E-state index contributed by atoms with van der Waals surface area (Å²) >= 11 is 0. The zero-order valence-corrected chi connectivity index (χ0v) is 10.5. The third-order valence-electron chi connectivity index (χ3n) is 2.40. The molecule has 0 saturated heterocycles. The van der Waals surface area contributed by atoms with Crippen molar-refractivity contribution in [3.05, 3.63) is 17.7 Å².